The molecule has 0 saturated carbocycles. The maximum absolute atomic E-state index is 12.8. The number of hydrogen-bond acceptors (Lipinski definition) is 6. The number of pyridine rings is 1. The predicted octanol–water partition coefficient (Wildman–Crippen LogP) is 1.57. The van der Waals surface area contributed by atoms with Crippen molar-refractivity contribution < 1.29 is 14.0 Å². The van der Waals surface area contributed by atoms with Crippen molar-refractivity contribution in [2.75, 3.05) is 5.75 Å². The Kier molecular flexibility index (Phi) is 5.77. The molecule has 27 heavy (non-hydrogen) atoms. The van der Waals surface area contributed by atoms with Crippen molar-refractivity contribution in [2.45, 2.75) is 5.16 Å². The zero-order valence-corrected chi connectivity index (χ0v) is 15.0. The minimum Gasteiger partial charge on any atom is -0.305 e. The van der Waals surface area contributed by atoms with Gasteiger partial charge in [-0.05, 0) is 36.4 Å². The molecule has 8 nitrogen and oxygen atoms in total. The van der Waals surface area contributed by atoms with Gasteiger partial charge in [-0.2, -0.15) is 0 Å². The highest BCUT2D eigenvalue weighted by Gasteiger charge is 2.13. The van der Waals surface area contributed by atoms with Gasteiger partial charge < -0.3 is 4.57 Å². The van der Waals surface area contributed by atoms with Crippen LogP contribution in [0.25, 0.3) is 11.4 Å². The Morgan fingerprint density at radius 2 is 1.78 bits per heavy atom. The summed E-state index contributed by atoms with van der Waals surface area (Å²) in [6.45, 7) is 0. The zero-order chi connectivity index (χ0) is 19.2. The van der Waals surface area contributed by atoms with Gasteiger partial charge in [0.2, 0.25) is 5.91 Å². The third-order valence-corrected chi connectivity index (χ3v) is 4.55. The number of rotatable bonds is 5. The second-order valence-electron chi connectivity index (χ2n) is 5.40. The Hall–Kier alpha value is -3.27. The number of benzene rings is 1. The van der Waals surface area contributed by atoms with E-state index in [4.69, 9.17) is 0 Å². The standard InChI is InChI=1S/C17H15FN6O2S/c1-24-15(11-6-8-19-9-7-11)21-23-17(24)27-10-14(25)20-22-16(26)12-2-4-13(18)5-3-12/h2-9H,10H2,1H3,(H,20,25)(H,22,26). The highest BCUT2D eigenvalue weighted by molar-refractivity contribution is 7.99. The molecule has 0 aliphatic carbocycles. The van der Waals surface area contributed by atoms with Crippen LogP contribution in [0.2, 0.25) is 0 Å². The number of thioether (sulfide) groups is 1. The van der Waals surface area contributed by atoms with Crippen LogP contribution in [0.1, 0.15) is 10.4 Å². The van der Waals surface area contributed by atoms with E-state index in [1.54, 1.807) is 24.0 Å². The van der Waals surface area contributed by atoms with Crippen LogP contribution in [0.15, 0.2) is 53.9 Å². The molecule has 3 aromatic rings. The second kappa shape index (κ2) is 8.41. The summed E-state index contributed by atoms with van der Waals surface area (Å²) < 4.78 is 14.6. The SMILES string of the molecule is Cn1c(SCC(=O)NNC(=O)c2ccc(F)cc2)nnc1-c1ccncc1. The van der Waals surface area contributed by atoms with Gasteiger partial charge in [0.25, 0.3) is 5.91 Å². The van der Waals surface area contributed by atoms with Crippen LogP contribution < -0.4 is 10.9 Å². The molecular weight excluding hydrogens is 371 g/mol. The smallest absolute Gasteiger partial charge is 0.269 e. The van der Waals surface area contributed by atoms with Crippen LogP contribution in [0.4, 0.5) is 4.39 Å². The van der Waals surface area contributed by atoms with E-state index in [1.807, 2.05) is 12.1 Å². The third kappa shape index (κ3) is 4.67. The topological polar surface area (TPSA) is 102 Å². The summed E-state index contributed by atoms with van der Waals surface area (Å²) in [6, 6.07) is 8.62. The molecule has 2 aromatic heterocycles. The van der Waals surface area contributed by atoms with Crippen molar-refractivity contribution in [2.24, 2.45) is 7.05 Å². The Bertz CT molecular complexity index is 946. The lowest BCUT2D eigenvalue weighted by atomic mass is 10.2. The van der Waals surface area contributed by atoms with Crippen LogP contribution in [0.5, 0.6) is 0 Å². The van der Waals surface area contributed by atoms with Gasteiger partial charge in [0.1, 0.15) is 5.82 Å². The fourth-order valence-electron chi connectivity index (χ4n) is 2.16. The van der Waals surface area contributed by atoms with Crippen LogP contribution in [-0.2, 0) is 11.8 Å². The third-order valence-electron chi connectivity index (χ3n) is 3.53. The van der Waals surface area contributed by atoms with Crippen molar-refractivity contribution in [3.8, 4) is 11.4 Å². The monoisotopic (exact) mass is 386 g/mol. The van der Waals surface area contributed by atoms with E-state index < -0.39 is 17.6 Å². The van der Waals surface area contributed by atoms with E-state index in [0.717, 1.165) is 5.56 Å². The summed E-state index contributed by atoms with van der Waals surface area (Å²) >= 11 is 1.18. The van der Waals surface area contributed by atoms with E-state index in [0.29, 0.717) is 11.0 Å². The second-order valence-corrected chi connectivity index (χ2v) is 6.34. The highest BCUT2D eigenvalue weighted by Crippen LogP contribution is 2.21. The van der Waals surface area contributed by atoms with Gasteiger partial charge >= 0.3 is 0 Å². The van der Waals surface area contributed by atoms with Crippen molar-refractivity contribution in [3.63, 3.8) is 0 Å². The fraction of sp³-hybridized carbons (Fsp3) is 0.118. The maximum atomic E-state index is 12.8. The van der Waals surface area contributed by atoms with Crippen molar-refractivity contribution in [3.05, 3.63) is 60.2 Å². The molecule has 0 unspecified atom stereocenters. The molecule has 0 fully saturated rings. The minimum absolute atomic E-state index is 0.0337. The summed E-state index contributed by atoms with van der Waals surface area (Å²) in [6.07, 6.45) is 3.32. The lowest BCUT2D eigenvalue weighted by Crippen LogP contribution is -2.42. The molecule has 3 rings (SSSR count). The number of carbonyl (C=O) groups excluding carboxylic acids is 2. The van der Waals surface area contributed by atoms with Crippen LogP contribution >= 0.6 is 11.8 Å². The van der Waals surface area contributed by atoms with Crippen LogP contribution in [-0.4, -0.2) is 37.3 Å². The fourth-order valence-corrected chi connectivity index (χ4v) is 2.87. The largest absolute Gasteiger partial charge is 0.305 e. The van der Waals surface area contributed by atoms with Gasteiger partial charge in [0.05, 0.1) is 5.75 Å². The average molecular weight is 386 g/mol. The number of hydrazine groups is 1. The molecule has 1 aromatic carbocycles. The molecule has 2 amide bonds. The first-order valence-corrected chi connectivity index (χ1v) is 8.80. The molecule has 10 heteroatoms. The molecule has 0 spiro atoms. The zero-order valence-electron chi connectivity index (χ0n) is 14.2. The highest BCUT2D eigenvalue weighted by atomic mass is 32.2. The molecule has 0 aliphatic rings. The van der Waals surface area contributed by atoms with E-state index in [2.05, 4.69) is 26.0 Å². The van der Waals surface area contributed by atoms with Gasteiger partial charge in [-0.1, -0.05) is 11.8 Å². The van der Waals surface area contributed by atoms with Crippen molar-refractivity contribution >= 4 is 23.6 Å². The molecule has 0 saturated heterocycles. The molecule has 0 aliphatic heterocycles. The van der Waals surface area contributed by atoms with Gasteiger partial charge in [0, 0.05) is 30.6 Å². The number of nitrogens with one attached hydrogen (secondary N) is 2. The number of halogens is 1. The van der Waals surface area contributed by atoms with E-state index in [9.17, 15) is 14.0 Å². The summed E-state index contributed by atoms with van der Waals surface area (Å²) in [5, 5.41) is 8.74. The lowest BCUT2D eigenvalue weighted by Gasteiger charge is -2.07. The summed E-state index contributed by atoms with van der Waals surface area (Å²) in [5.41, 5.74) is 5.68. The van der Waals surface area contributed by atoms with Crippen molar-refractivity contribution in [1.29, 1.82) is 0 Å². The number of hydrogen-bond donors (Lipinski definition) is 2. The average Bonchev–Trinajstić information content (AvgIpc) is 3.06. The van der Waals surface area contributed by atoms with Gasteiger partial charge in [-0.25, -0.2) is 4.39 Å². The molecule has 2 N–H and O–H groups in total. The van der Waals surface area contributed by atoms with E-state index >= 15 is 0 Å². The molecule has 138 valence electrons. The van der Waals surface area contributed by atoms with Crippen LogP contribution in [0, 0.1) is 5.82 Å². The normalized spacial score (nSPS) is 10.4. The van der Waals surface area contributed by atoms with Crippen molar-refractivity contribution in [1.82, 2.24) is 30.6 Å². The molecule has 0 radical (unpaired) electrons. The summed E-state index contributed by atoms with van der Waals surface area (Å²) in [4.78, 5) is 27.7. The Labute approximate surface area is 158 Å². The summed E-state index contributed by atoms with van der Waals surface area (Å²) in [7, 11) is 1.80. The number of carbonyl (C=O) groups is 2. The first-order valence-electron chi connectivity index (χ1n) is 7.82. The predicted molar refractivity (Wildman–Crippen MR) is 97.0 cm³/mol. The van der Waals surface area contributed by atoms with E-state index in [-0.39, 0.29) is 11.3 Å². The number of aromatic nitrogens is 4. The Balaban J connectivity index is 1.52. The minimum atomic E-state index is -0.535. The van der Waals surface area contributed by atoms with Gasteiger partial charge in [0.15, 0.2) is 11.0 Å². The number of nitrogens with zero attached hydrogens (tertiary/aromatic N) is 4. The Morgan fingerprint density at radius 3 is 2.48 bits per heavy atom. The van der Waals surface area contributed by atoms with E-state index in [1.165, 1.54) is 36.0 Å². The molecular formula is C17H15FN6O2S. The first kappa shape index (κ1) is 18.5. The summed E-state index contributed by atoms with van der Waals surface area (Å²) in [5.74, 6) is -0.700. The number of amides is 2. The molecule has 0 atom stereocenters. The van der Waals surface area contributed by atoms with Crippen LogP contribution in [0.3, 0.4) is 0 Å². The molecule has 0 bridgehead atoms. The van der Waals surface area contributed by atoms with Gasteiger partial charge in [-0.15, -0.1) is 10.2 Å². The Morgan fingerprint density at radius 1 is 1.07 bits per heavy atom. The quantitative estimate of drug-likeness (QED) is 0.510. The maximum Gasteiger partial charge on any atom is 0.269 e. The van der Waals surface area contributed by atoms with Gasteiger partial charge in [-0.3, -0.25) is 25.4 Å². The molecule has 2 heterocycles. The lowest BCUT2D eigenvalue weighted by molar-refractivity contribution is -0.119. The first-order chi connectivity index (χ1) is 13.0.